The zero-order valence-electron chi connectivity index (χ0n) is 12.1. The molecular weight excluding hydrogens is 312 g/mol. The van der Waals surface area contributed by atoms with E-state index < -0.39 is 47.6 Å². The van der Waals surface area contributed by atoms with Gasteiger partial charge in [-0.25, -0.2) is 18.5 Å². The maximum atomic E-state index is 13.4. The summed E-state index contributed by atoms with van der Waals surface area (Å²) in [4.78, 5) is 48.2. The molecule has 0 aromatic heterocycles. The summed E-state index contributed by atoms with van der Waals surface area (Å²) in [5.41, 5.74) is -0.687. The lowest BCUT2D eigenvalue weighted by Gasteiger charge is -2.15. The van der Waals surface area contributed by atoms with E-state index in [0.717, 1.165) is 23.1 Å². The number of amides is 5. The highest BCUT2D eigenvalue weighted by Crippen LogP contribution is 2.18. The molecule has 1 aliphatic rings. The van der Waals surface area contributed by atoms with Crippen LogP contribution in [0.25, 0.3) is 0 Å². The minimum Gasteiger partial charge on any atom is -0.320 e. The van der Waals surface area contributed by atoms with Crippen molar-refractivity contribution in [3.05, 3.63) is 29.8 Å². The standard InChI is InChI=1S/C14H13F2N3O4/c1-2-6-18-12(21)13(22)19(14(18)23)7-10(20)17-11-8(15)4-3-5-9(11)16/h3-5H,2,6-7H2,1H3,(H,17,20). The van der Waals surface area contributed by atoms with Crippen LogP contribution < -0.4 is 5.32 Å². The fourth-order valence-electron chi connectivity index (χ4n) is 2.05. The Labute approximate surface area is 129 Å². The average Bonchev–Trinajstić information content (AvgIpc) is 2.69. The fourth-order valence-corrected chi connectivity index (χ4v) is 2.05. The summed E-state index contributed by atoms with van der Waals surface area (Å²) in [6.07, 6.45) is 0.450. The van der Waals surface area contributed by atoms with Gasteiger partial charge in [0.1, 0.15) is 23.9 Å². The van der Waals surface area contributed by atoms with Crippen molar-refractivity contribution < 1.29 is 28.0 Å². The third-order valence-corrected chi connectivity index (χ3v) is 3.11. The number of nitrogens with zero attached hydrogens (tertiary/aromatic N) is 2. The van der Waals surface area contributed by atoms with Crippen LogP contribution in [0.15, 0.2) is 18.2 Å². The van der Waals surface area contributed by atoms with E-state index in [1.54, 1.807) is 6.92 Å². The van der Waals surface area contributed by atoms with Crippen LogP contribution in [0, 0.1) is 11.6 Å². The summed E-state index contributed by atoms with van der Waals surface area (Å²) in [6, 6.07) is 2.08. The van der Waals surface area contributed by atoms with Gasteiger partial charge in [-0.15, -0.1) is 0 Å². The lowest BCUT2D eigenvalue weighted by Crippen LogP contribution is -2.39. The first-order valence-corrected chi connectivity index (χ1v) is 6.78. The Morgan fingerprint density at radius 1 is 1.09 bits per heavy atom. The number of rotatable bonds is 5. The largest absolute Gasteiger partial charge is 0.334 e. The molecule has 1 fully saturated rings. The van der Waals surface area contributed by atoms with Crippen LogP contribution >= 0.6 is 0 Å². The number of anilines is 1. The third-order valence-electron chi connectivity index (χ3n) is 3.11. The van der Waals surface area contributed by atoms with Crippen LogP contribution in [0.1, 0.15) is 13.3 Å². The number of hydrogen-bond donors (Lipinski definition) is 1. The quantitative estimate of drug-likeness (QED) is 0.649. The van der Waals surface area contributed by atoms with Crippen molar-refractivity contribution in [2.24, 2.45) is 0 Å². The second kappa shape index (κ2) is 6.51. The van der Waals surface area contributed by atoms with Crippen LogP contribution in [0.3, 0.4) is 0 Å². The Bertz CT molecular complexity index is 672. The number of imide groups is 2. The molecule has 0 saturated carbocycles. The molecule has 1 aliphatic heterocycles. The van der Waals surface area contributed by atoms with Gasteiger partial charge in [0.05, 0.1) is 0 Å². The smallest absolute Gasteiger partial charge is 0.320 e. The van der Waals surface area contributed by atoms with Gasteiger partial charge in [-0.05, 0) is 18.6 Å². The predicted molar refractivity (Wildman–Crippen MR) is 74.1 cm³/mol. The van der Waals surface area contributed by atoms with Crippen molar-refractivity contribution in [3.63, 3.8) is 0 Å². The molecule has 0 atom stereocenters. The van der Waals surface area contributed by atoms with Crippen LogP contribution in [-0.4, -0.2) is 46.6 Å². The van der Waals surface area contributed by atoms with E-state index in [0.29, 0.717) is 11.3 Å². The Morgan fingerprint density at radius 3 is 2.22 bits per heavy atom. The zero-order valence-corrected chi connectivity index (χ0v) is 12.1. The normalized spacial score (nSPS) is 14.7. The van der Waals surface area contributed by atoms with E-state index in [4.69, 9.17) is 0 Å². The van der Waals surface area contributed by atoms with Gasteiger partial charge in [0.2, 0.25) is 5.91 Å². The molecule has 9 heteroatoms. The van der Waals surface area contributed by atoms with Gasteiger partial charge in [0.25, 0.3) is 0 Å². The second-order valence-electron chi connectivity index (χ2n) is 4.78. The van der Waals surface area contributed by atoms with Crippen LogP contribution in [0.5, 0.6) is 0 Å². The maximum Gasteiger partial charge on any atom is 0.334 e. The van der Waals surface area contributed by atoms with Crippen molar-refractivity contribution in [1.82, 2.24) is 9.80 Å². The van der Waals surface area contributed by atoms with Crippen LogP contribution in [0.2, 0.25) is 0 Å². The molecular formula is C14H13F2N3O4. The van der Waals surface area contributed by atoms with Crippen molar-refractivity contribution in [2.45, 2.75) is 13.3 Å². The molecule has 2 rings (SSSR count). The Balaban J connectivity index is 2.10. The molecule has 0 aliphatic carbocycles. The molecule has 1 N–H and O–H groups in total. The highest BCUT2D eigenvalue weighted by molar-refractivity contribution is 6.45. The number of benzene rings is 1. The van der Waals surface area contributed by atoms with Gasteiger partial charge >= 0.3 is 17.8 Å². The monoisotopic (exact) mass is 325 g/mol. The van der Waals surface area contributed by atoms with E-state index in [-0.39, 0.29) is 6.54 Å². The molecule has 23 heavy (non-hydrogen) atoms. The Morgan fingerprint density at radius 2 is 1.65 bits per heavy atom. The molecule has 0 bridgehead atoms. The predicted octanol–water partition coefficient (Wildman–Crippen LogP) is 1.10. The van der Waals surface area contributed by atoms with Crippen LogP contribution in [-0.2, 0) is 14.4 Å². The van der Waals surface area contributed by atoms with Crippen LogP contribution in [0.4, 0.5) is 19.3 Å². The number of halogens is 2. The molecule has 7 nitrogen and oxygen atoms in total. The topological polar surface area (TPSA) is 86.8 Å². The number of carbonyl (C=O) groups is 4. The van der Waals surface area contributed by atoms with Crippen molar-refractivity contribution in [1.29, 1.82) is 0 Å². The fraction of sp³-hybridized carbons (Fsp3) is 0.286. The van der Waals surface area contributed by atoms with Gasteiger partial charge in [0.15, 0.2) is 0 Å². The number of hydrogen-bond acceptors (Lipinski definition) is 4. The Kier molecular flexibility index (Phi) is 4.68. The second-order valence-corrected chi connectivity index (χ2v) is 4.78. The van der Waals surface area contributed by atoms with Gasteiger partial charge in [-0.1, -0.05) is 13.0 Å². The first-order valence-electron chi connectivity index (χ1n) is 6.78. The maximum absolute atomic E-state index is 13.4. The van der Waals surface area contributed by atoms with Crippen molar-refractivity contribution >= 4 is 29.4 Å². The molecule has 1 heterocycles. The minimum absolute atomic E-state index is 0.0451. The SMILES string of the molecule is CCCN1C(=O)C(=O)N(CC(=O)Nc2c(F)cccc2F)C1=O. The van der Waals surface area contributed by atoms with E-state index in [1.165, 1.54) is 0 Å². The number of nitrogens with one attached hydrogen (secondary N) is 1. The Hall–Kier alpha value is -2.84. The molecule has 1 aromatic carbocycles. The lowest BCUT2D eigenvalue weighted by atomic mass is 10.3. The van der Waals surface area contributed by atoms with E-state index in [9.17, 15) is 28.0 Å². The summed E-state index contributed by atoms with van der Waals surface area (Å²) in [5.74, 6) is -5.17. The van der Waals surface area contributed by atoms with Crippen molar-refractivity contribution in [2.75, 3.05) is 18.4 Å². The zero-order chi connectivity index (χ0) is 17.1. The first-order chi connectivity index (χ1) is 10.9. The van der Waals surface area contributed by atoms with Crippen molar-refractivity contribution in [3.8, 4) is 0 Å². The number of urea groups is 1. The molecule has 1 aromatic rings. The van der Waals surface area contributed by atoms with Gasteiger partial charge in [0, 0.05) is 6.54 Å². The molecule has 5 amide bonds. The summed E-state index contributed by atoms with van der Waals surface area (Å²) < 4.78 is 26.9. The third kappa shape index (κ3) is 3.17. The van der Waals surface area contributed by atoms with E-state index in [1.807, 2.05) is 5.32 Å². The summed E-state index contributed by atoms with van der Waals surface area (Å²) in [6.45, 7) is 0.947. The molecule has 0 spiro atoms. The highest BCUT2D eigenvalue weighted by atomic mass is 19.1. The molecule has 0 unspecified atom stereocenters. The molecule has 1 saturated heterocycles. The summed E-state index contributed by atoms with van der Waals surface area (Å²) >= 11 is 0. The lowest BCUT2D eigenvalue weighted by molar-refractivity contribution is -0.143. The highest BCUT2D eigenvalue weighted by Gasteiger charge is 2.44. The minimum atomic E-state index is -1.15. The molecule has 0 radical (unpaired) electrons. The summed E-state index contributed by atoms with van der Waals surface area (Å²) in [5, 5.41) is 1.94. The average molecular weight is 325 g/mol. The number of para-hydroxylation sites is 1. The van der Waals surface area contributed by atoms with E-state index in [2.05, 4.69) is 0 Å². The summed E-state index contributed by atoms with van der Waals surface area (Å²) in [7, 11) is 0. The first kappa shape index (κ1) is 16.5. The number of carbonyl (C=O) groups excluding carboxylic acids is 4. The van der Waals surface area contributed by atoms with E-state index >= 15 is 0 Å². The van der Waals surface area contributed by atoms with Gasteiger partial charge in [-0.3, -0.25) is 19.3 Å². The van der Waals surface area contributed by atoms with Gasteiger partial charge < -0.3 is 5.32 Å². The van der Waals surface area contributed by atoms with Gasteiger partial charge in [-0.2, -0.15) is 0 Å². The molecule has 122 valence electrons.